The molecule has 0 bridgehead atoms. The van der Waals surface area contributed by atoms with Gasteiger partial charge < -0.3 is 19.9 Å². The van der Waals surface area contributed by atoms with E-state index >= 15 is 0 Å². The maximum absolute atomic E-state index is 13.5. The number of aromatic amines is 1. The average molecular weight is 463 g/mol. The lowest BCUT2D eigenvalue weighted by Gasteiger charge is -2.34. The molecule has 1 aliphatic rings. The zero-order valence-corrected chi connectivity index (χ0v) is 18.5. The summed E-state index contributed by atoms with van der Waals surface area (Å²) in [6.45, 7) is 3.76. The number of amides is 1. The van der Waals surface area contributed by atoms with Gasteiger partial charge in [0.15, 0.2) is 5.82 Å². The molecule has 34 heavy (non-hydrogen) atoms. The third-order valence-corrected chi connectivity index (χ3v) is 5.81. The monoisotopic (exact) mass is 463 g/mol. The summed E-state index contributed by atoms with van der Waals surface area (Å²) < 4.78 is 32.6. The van der Waals surface area contributed by atoms with Gasteiger partial charge in [-0.25, -0.2) is 8.78 Å². The molecule has 0 aliphatic carbocycles. The standard InChI is InChI=1S/C25H23F2N5O2/c1-31-7-9-32(10-8-31)19-4-2-3-16(11-19)25(33)28-24-22-15-20(5-6-23(22)29-30-24)34-21-13-17(26)12-18(27)14-21/h2-6,11-15H,7-10H2,1H3,(H2,28,29,30,33). The smallest absolute Gasteiger partial charge is 0.256 e. The third-order valence-electron chi connectivity index (χ3n) is 5.81. The van der Waals surface area contributed by atoms with Crippen molar-refractivity contribution in [3.63, 3.8) is 0 Å². The molecule has 2 heterocycles. The number of nitrogens with zero attached hydrogens (tertiary/aromatic N) is 3. The maximum atomic E-state index is 13.5. The molecule has 4 aromatic rings. The van der Waals surface area contributed by atoms with Crippen molar-refractivity contribution in [2.45, 2.75) is 0 Å². The van der Waals surface area contributed by atoms with Gasteiger partial charge in [-0.1, -0.05) is 6.07 Å². The molecule has 0 atom stereocenters. The number of aromatic nitrogens is 2. The molecule has 0 unspecified atom stereocenters. The van der Waals surface area contributed by atoms with Crippen LogP contribution in [0.15, 0.2) is 60.7 Å². The number of halogens is 2. The Labute approximate surface area is 194 Å². The minimum Gasteiger partial charge on any atom is -0.457 e. The summed E-state index contributed by atoms with van der Waals surface area (Å²) in [5.74, 6) is -1.03. The number of hydrogen-bond acceptors (Lipinski definition) is 5. The Bertz CT molecular complexity index is 1330. The van der Waals surface area contributed by atoms with E-state index in [1.807, 2.05) is 18.2 Å². The van der Waals surface area contributed by atoms with Crippen LogP contribution in [0.3, 0.4) is 0 Å². The largest absolute Gasteiger partial charge is 0.457 e. The second kappa shape index (κ2) is 9.11. The Hall–Kier alpha value is -3.98. The van der Waals surface area contributed by atoms with Gasteiger partial charge in [-0.05, 0) is 43.4 Å². The van der Waals surface area contributed by atoms with Gasteiger partial charge in [-0.3, -0.25) is 9.89 Å². The van der Waals surface area contributed by atoms with Crippen LogP contribution in [0.2, 0.25) is 0 Å². The number of carbonyl (C=O) groups is 1. The number of nitrogens with one attached hydrogen (secondary N) is 2. The average Bonchev–Trinajstić information content (AvgIpc) is 3.21. The summed E-state index contributed by atoms with van der Waals surface area (Å²) >= 11 is 0. The zero-order chi connectivity index (χ0) is 23.7. The number of ether oxygens (including phenoxy) is 1. The highest BCUT2D eigenvalue weighted by Gasteiger charge is 2.17. The number of hydrogen-bond donors (Lipinski definition) is 2. The predicted octanol–water partition coefficient (Wildman–Crippen LogP) is 4.64. The fraction of sp³-hybridized carbons (Fsp3) is 0.200. The van der Waals surface area contributed by atoms with Gasteiger partial charge in [0, 0.05) is 61.0 Å². The van der Waals surface area contributed by atoms with Gasteiger partial charge in [0.2, 0.25) is 0 Å². The molecule has 1 fully saturated rings. The number of anilines is 2. The first kappa shape index (κ1) is 21.8. The van der Waals surface area contributed by atoms with E-state index in [9.17, 15) is 13.6 Å². The molecule has 0 spiro atoms. The molecule has 9 heteroatoms. The van der Waals surface area contributed by atoms with E-state index in [2.05, 4.69) is 32.4 Å². The van der Waals surface area contributed by atoms with Gasteiger partial charge in [0.1, 0.15) is 23.1 Å². The number of H-pyrrole nitrogens is 1. The number of carbonyl (C=O) groups excluding carboxylic acids is 1. The number of fused-ring (bicyclic) bond motifs is 1. The number of likely N-dealkylation sites (N-methyl/N-ethyl adjacent to an activating group) is 1. The number of rotatable bonds is 5. The van der Waals surface area contributed by atoms with Gasteiger partial charge in [-0.15, -0.1) is 0 Å². The predicted molar refractivity (Wildman–Crippen MR) is 127 cm³/mol. The van der Waals surface area contributed by atoms with Crippen LogP contribution in [-0.2, 0) is 0 Å². The fourth-order valence-electron chi connectivity index (χ4n) is 3.96. The van der Waals surface area contributed by atoms with E-state index in [1.165, 1.54) is 0 Å². The molecular weight excluding hydrogens is 440 g/mol. The Morgan fingerprint density at radius 2 is 1.74 bits per heavy atom. The van der Waals surface area contributed by atoms with Gasteiger partial charge in [-0.2, -0.15) is 5.10 Å². The van der Waals surface area contributed by atoms with E-state index in [4.69, 9.17) is 4.74 Å². The molecule has 2 N–H and O–H groups in total. The first-order chi connectivity index (χ1) is 16.4. The quantitative estimate of drug-likeness (QED) is 0.451. The molecule has 7 nitrogen and oxygen atoms in total. The summed E-state index contributed by atoms with van der Waals surface area (Å²) in [5, 5.41) is 10.5. The Morgan fingerprint density at radius 3 is 2.50 bits per heavy atom. The van der Waals surface area contributed by atoms with Crippen molar-refractivity contribution in [2.75, 3.05) is 43.4 Å². The number of piperazine rings is 1. The molecule has 3 aromatic carbocycles. The molecule has 1 aromatic heterocycles. The SMILES string of the molecule is CN1CCN(c2cccc(C(=O)Nc3n[nH]c4ccc(Oc5cc(F)cc(F)c5)cc34)c2)CC1. The van der Waals surface area contributed by atoms with Gasteiger partial charge >= 0.3 is 0 Å². The summed E-state index contributed by atoms with van der Waals surface area (Å²) in [4.78, 5) is 17.5. The molecule has 0 radical (unpaired) electrons. The minimum atomic E-state index is -0.730. The maximum Gasteiger partial charge on any atom is 0.256 e. The zero-order valence-electron chi connectivity index (χ0n) is 18.5. The van der Waals surface area contributed by atoms with E-state index < -0.39 is 11.6 Å². The first-order valence-corrected chi connectivity index (χ1v) is 10.9. The van der Waals surface area contributed by atoms with Crippen molar-refractivity contribution >= 4 is 28.3 Å². The van der Waals surface area contributed by atoms with Crippen LogP contribution in [0.1, 0.15) is 10.4 Å². The summed E-state index contributed by atoms with van der Waals surface area (Å²) in [7, 11) is 2.10. The van der Waals surface area contributed by atoms with E-state index in [0.29, 0.717) is 28.0 Å². The van der Waals surface area contributed by atoms with Crippen LogP contribution in [0.4, 0.5) is 20.3 Å². The first-order valence-electron chi connectivity index (χ1n) is 10.9. The number of benzene rings is 3. The van der Waals surface area contributed by atoms with Crippen molar-refractivity contribution in [3.8, 4) is 11.5 Å². The second-order valence-corrected chi connectivity index (χ2v) is 8.28. The molecule has 0 saturated carbocycles. The van der Waals surface area contributed by atoms with Crippen LogP contribution >= 0.6 is 0 Å². The van der Waals surface area contributed by atoms with Crippen molar-refractivity contribution in [1.29, 1.82) is 0 Å². The third kappa shape index (κ3) is 4.69. The van der Waals surface area contributed by atoms with Crippen LogP contribution in [-0.4, -0.2) is 54.2 Å². The molecule has 5 rings (SSSR count). The van der Waals surface area contributed by atoms with Gasteiger partial charge in [0.25, 0.3) is 5.91 Å². The van der Waals surface area contributed by atoms with Crippen molar-refractivity contribution in [2.24, 2.45) is 0 Å². The fourth-order valence-corrected chi connectivity index (χ4v) is 3.96. The van der Waals surface area contributed by atoms with E-state index in [1.54, 1.807) is 24.3 Å². The van der Waals surface area contributed by atoms with Crippen LogP contribution in [0.25, 0.3) is 10.9 Å². The Balaban J connectivity index is 1.35. The normalized spacial score (nSPS) is 14.4. The highest BCUT2D eigenvalue weighted by molar-refractivity contribution is 6.08. The minimum absolute atomic E-state index is 0.0339. The summed E-state index contributed by atoms with van der Waals surface area (Å²) in [5.41, 5.74) is 2.21. The van der Waals surface area contributed by atoms with Crippen LogP contribution in [0.5, 0.6) is 11.5 Å². The van der Waals surface area contributed by atoms with E-state index in [0.717, 1.165) is 50.1 Å². The van der Waals surface area contributed by atoms with Crippen LogP contribution < -0.4 is 15.0 Å². The molecule has 174 valence electrons. The highest BCUT2D eigenvalue weighted by atomic mass is 19.1. The molecule has 1 aliphatic heterocycles. The van der Waals surface area contributed by atoms with Crippen LogP contribution in [0, 0.1) is 11.6 Å². The highest BCUT2D eigenvalue weighted by Crippen LogP contribution is 2.29. The lowest BCUT2D eigenvalue weighted by molar-refractivity contribution is 0.102. The summed E-state index contributed by atoms with van der Waals surface area (Å²) in [6, 6.07) is 15.5. The summed E-state index contributed by atoms with van der Waals surface area (Å²) in [6.07, 6.45) is 0. The van der Waals surface area contributed by atoms with Gasteiger partial charge in [0.05, 0.1) is 5.52 Å². The van der Waals surface area contributed by atoms with Crippen molar-refractivity contribution < 1.29 is 18.3 Å². The molecule has 1 saturated heterocycles. The second-order valence-electron chi connectivity index (χ2n) is 8.28. The Morgan fingerprint density at radius 1 is 0.971 bits per heavy atom. The Kier molecular flexibility index (Phi) is 5.85. The van der Waals surface area contributed by atoms with E-state index in [-0.39, 0.29) is 11.7 Å². The molecular formula is C25H23F2N5O2. The lowest BCUT2D eigenvalue weighted by atomic mass is 10.1. The molecule has 1 amide bonds. The lowest BCUT2D eigenvalue weighted by Crippen LogP contribution is -2.44. The topological polar surface area (TPSA) is 73.5 Å². The van der Waals surface area contributed by atoms with Crippen molar-refractivity contribution in [1.82, 2.24) is 15.1 Å². The van der Waals surface area contributed by atoms with Crippen molar-refractivity contribution in [3.05, 3.63) is 77.9 Å².